The molecular weight excluding hydrogens is 294 g/mol. The number of carbonyl (C=O) groups excluding carboxylic acids is 1. The molecule has 2 N–H and O–H groups in total. The number of carbonyl (C=O) groups is 1. The molecular formula is C18H27NO4. The van der Waals surface area contributed by atoms with Crippen molar-refractivity contribution < 1.29 is 19.0 Å². The van der Waals surface area contributed by atoms with Crippen LogP contribution in [0.1, 0.15) is 44.6 Å². The van der Waals surface area contributed by atoms with Gasteiger partial charge >= 0.3 is 5.97 Å². The molecule has 0 radical (unpaired) electrons. The molecule has 0 amide bonds. The third kappa shape index (κ3) is 5.61. The highest BCUT2D eigenvalue weighted by atomic mass is 16.7. The van der Waals surface area contributed by atoms with Crippen molar-refractivity contribution in [1.29, 1.82) is 0 Å². The maximum absolute atomic E-state index is 11.2. The first-order valence-corrected chi connectivity index (χ1v) is 8.31. The molecule has 0 aliphatic carbocycles. The van der Waals surface area contributed by atoms with Crippen molar-refractivity contribution in [3.05, 3.63) is 35.9 Å². The summed E-state index contributed by atoms with van der Waals surface area (Å²) in [5, 5.41) is 0. The molecule has 128 valence electrons. The number of hydrogen-bond acceptors (Lipinski definition) is 5. The molecule has 1 aliphatic rings. The van der Waals surface area contributed by atoms with Crippen LogP contribution in [0.2, 0.25) is 0 Å². The molecule has 4 atom stereocenters. The van der Waals surface area contributed by atoms with Crippen LogP contribution in [0.15, 0.2) is 30.3 Å². The Kier molecular flexibility index (Phi) is 7.02. The molecule has 5 nitrogen and oxygen atoms in total. The Labute approximate surface area is 138 Å². The van der Waals surface area contributed by atoms with Gasteiger partial charge in [0, 0.05) is 32.2 Å². The van der Waals surface area contributed by atoms with Crippen LogP contribution in [0, 0.1) is 0 Å². The average Bonchev–Trinajstić information content (AvgIpc) is 2.55. The van der Waals surface area contributed by atoms with E-state index in [4.69, 9.17) is 19.9 Å². The summed E-state index contributed by atoms with van der Waals surface area (Å²) in [6, 6.07) is 10.1. The van der Waals surface area contributed by atoms with Crippen molar-refractivity contribution in [1.82, 2.24) is 0 Å². The zero-order valence-corrected chi connectivity index (χ0v) is 13.9. The number of ether oxygens (including phenoxy) is 3. The Morgan fingerprint density at radius 2 is 2.09 bits per heavy atom. The minimum atomic E-state index is -0.351. The lowest BCUT2D eigenvalue weighted by atomic mass is 10.00. The Morgan fingerprint density at radius 1 is 1.35 bits per heavy atom. The second-order valence-electron chi connectivity index (χ2n) is 5.98. The highest BCUT2D eigenvalue weighted by molar-refractivity contribution is 5.66. The summed E-state index contributed by atoms with van der Waals surface area (Å²) >= 11 is 0. The average molecular weight is 321 g/mol. The van der Waals surface area contributed by atoms with Gasteiger partial charge in [0.25, 0.3) is 0 Å². The van der Waals surface area contributed by atoms with Crippen molar-refractivity contribution in [3.63, 3.8) is 0 Å². The molecule has 2 rings (SSSR count). The van der Waals surface area contributed by atoms with Crippen LogP contribution in [0.4, 0.5) is 0 Å². The van der Waals surface area contributed by atoms with Gasteiger partial charge in [-0.25, -0.2) is 0 Å². The third-order valence-corrected chi connectivity index (χ3v) is 4.15. The van der Waals surface area contributed by atoms with Crippen LogP contribution >= 0.6 is 0 Å². The zero-order chi connectivity index (χ0) is 16.7. The Bertz CT molecular complexity index is 479. The summed E-state index contributed by atoms with van der Waals surface area (Å²) in [5.41, 5.74) is 7.04. The van der Waals surface area contributed by atoms with Crippen LogP contribution in [0.5, 0.6) is 0 Å². The van der Waals surface area contributed by atoms with Gasteiger partial charge in [-0.15, -0.1) is 0 Å². The molecule has 1 aromatic rings. The predicted octanol–water partition coefficient (Wildman–Crippen LogP) is 2.59. The lowest BCUT2D eigenvalue weighted by Gasteiger charge is -2.35. The lowest BCUT2D eigenvalue weighted by molar-refractivity contribution is -0.222. The summed E-state index contributed by atoms with van der Waals surface area (Å²) in [6.07, 6.45) is 1.75. The summed E-state index contributed by atoms with van der Waals surface area (Å²) in [7, 11) is 0. The van der Waals surface area contributed by atoms with Gasteiger partial charge in [-0.2, -0.15) is 0 Å². The van der Waals surface area contributed by atoms with E-state index >= 15 is 0 Å². The van der Waals surface area contributed by atoms with Crippen LogP contribution in [-0.2, 0) is 19.0 Å². The van der Waals surface area contributed by atoms with E-state index in [1.165, 1.54) is 6.92 Å². The minimum absolute atomic E-state index is 0.0613. The molecule has 0 spiro atoms. The summed E-state index contributed by atoms with van der Waals surface area (Å²) in [6.45, 7) is 4.51. The van der Waals surface area contributed by atoms with Crippen molar-refractivity contribution in [3.8, 4) is 0 Å². The molecule has 4 unspecified atom stereocenters. The molecule has 5 heteroatoms. The summed E-state index contributed by atoms with van der Waals surface area (Å²) in [4.78, 5) is 11.2. The van der Waals surface area contributed by atoms with Gasteiger partial charge < -0.3 is 19.9 Å². The fraction of sp³-hybridized carbons (Fsp3) is 0.611. The van der Waals surface area contributed by atoms with E-state index in [1.54, 1.807) is 0 Å². The van der Waals surface area contributed by atoms with E-state index in [1.807, 2.05) is 18.2 Å². The predicted molar refractivity (Wildman–Crippen MR) is 87.9 cm³/mol. The summed E-state index contributed by atoms with van der Waals surface area (Å²) in [5.74, 6) is -0.122. The molecule has 1 aromatic carbocycles. The van der Waals surface area contributed by atoms with Crippen LogP contribution in [0.25, 0.3) is 0 Å². The van der Waals surface area contributed by atoms with Gasteiger partial charge in [-0.1, -0.05) is 37.3 Å². The normalized spacial score (nSPS) is 25.8. The van der Waals surface area contributed by atoms with Crippen molar-refractivity contribution in [2.45, 2.75) is 57.5 Å². The first-order chi connectivity index (χ1) is 11.1. The molecule has 0 saturated carbocycles. The number of hydrogen-bond donors (Lipinski definition) is 1. The van der Waals surface area contributed by atoms with Crippen molar-refractivity contribution in [2.24, 2.45) is 5.73 Å². The largest absolute Gasteiger partial charge is 0.462 e. The number of rotatable bonds is 7. The molecule has 1 saturated heterocycles. The second-order valence-corrected chi connectivity index (χ2v) is 5.98. The van der Waals surface area contributed by atoms with Crippen LogP contribution in [0.3, 0.4) is 0 Å². The quantitative estimate of drug-likeness (QED) is 0.782. The smallest absolute Gasteiger partial charge is 0.302 e. The van der Waals surface area contributed by atoms with Crippen LogP contribution < -0.4 is 5.73 Å². The SMILES string of the molecule is CCC1CC(OC(C)=O)CC(OCC(CN)c2ccccc2)O1. The van der Waals surface area contributed by atoms with Gasteiger partial charge in [0.05, 0.1) is 12.7 Å². The van der Waals surface area contributed by atoms with Crippen molar-refractivity contribution >= 4 is 5.97 Å². The Hall–Kier alpha value is -1.43. The molecule has 23 heavy (non-hydrogen) atoms. The van der Waals surface area contributed by atoms with Gasteiger partial charge in [-0.3, -0.25) is 4.79 Å². The maximum Gasteiger partial charge on any atom is 0.302 e. The van der Waals surface area contributed by atoms with Crippen molar-refractivity contribution in [2.75, 3.05) is 13.2 Å². The maximum atomic E-state index is 11.2. The first kappa shape index (κ1) is 17.9. The highest BCUT2D eigenvalue weighted by Gasteiger charge is 2.31. The lowest BCUT2D eigenvalue weighted by Crippen LogP contribution is -2.39. The van der Waals surface area contributed by atoms with Crippen LogP contribution in [-0.4, -0.2) is 37.6 Å². The third-order valence-electron chi connectivity index (χ3n) is 4.15. The first-order valence-electron chi connectivity index (χ1n) is 8.31. The van der Waals surface area contributed by atoms with E-state index in [9.17, 15) is 4.79 Å². The van der Waals surface area contributed by atoms with E-state index in [0.29, 0.717) is 19.6 Å². The van der Waals surface area contributed by atoms with E-state index in [-0.39, 0.29) is 30.4 Å². The van der Waals surface area contributed by atoms with E-state index in [0.717, 1.165) is 18.4 Å². The summed E-state index contributed by atoms with van der Waals surface area (Å²) < 4.78 is 17.2. The number of nitrogens with two attached hydrogens (primary N) is 1. The number of benzene rings is 1. The van der Waals surface area contributed by atoms with Gasteiger partial charge in [0.2, 0.25) is 0 Å². The Morgan fingerprint density at radius 3 is 2.70 bits per heavy atom. The molecule has 1 heterocycles. The monoisotopic (exact) mass is 321 g/mol. The standard InChI is InChI=1S/C18H27NO4/c1-3-16-9-17(22-13(2)20)10-18(23-16)21-12-15(11-19)14-7-5-4-6-8-14/h4-8,15-18H,3,9-12,19H2,1-2H3. The Balaban J connectivity index is 1.91. The topological polar surface area (TPSA) is 70.8 Å². The van der Waals surface area contributed by atoms with Gasteiger partial charge in [-0.05, 0) is 12.0 Å². The zero-order valence-electron chi connectivity index (χ0n) is 13.9. The highest BCUT2D eigenvalue weighted by Crippen LogP contribution is 2.26. The fourth-order valence-electron chi connectivity index (χ4n) is 2.88. The second kappa shape index (κ2) is 9.01. The molecule has 0 bridgehead atoms. The van der Waals surface area contributed by atoms with E-state index in [2.05, 4.69) is 19.1 Å². The van der Waals surface area contributed by atoms with E-state index < -0.39 is 0 Å². The fourth-order valence-corrected chi connectivity index (χ4v) is 2.88. The molecule has 1 fully saturated rings. The van der Waals surface area contributed by atoms with Gasteiger partial charge in [0.1, 0.15) is 6.10 Å². The van der Waals surface area contributed by atoms with Gasteiger partial charge in [0.15, 0.2) is 6.29 Å². The minimum Gasteiger partial charge on any atom is -0.462 e. The number of esters is 1. The molecule has 1 aliphatic heterocycles. The molecule has 0 aromatic heterocycles.